The van der Waals surface area contributed by atoms with Crippen LogP contribution in [0.1, 0.15) is 57.1 Å². The first-order chi connectivity index (χ1) is 13.5. The zero-order valence-corrected chi connectivity index (χ0v) is 17.1. The number of methoxy groups -OCH3 is 1. The van der Waals surface area contributed by atoms with Crippen LogP contribution in [0.25, 0.3) is 0 Å². The van der Waals surface area contributed by atoms with Crippen molar-refractivity contribution in [3.63, 3.8) is 0 Å². The summed E-state index contributed by atoms with van der Waals surface area (Å²) in [5.41, 5.74) is 1.44. The van der Waals surface area contributed by atoms with Gasteiger partial charge in [0.2, 0.25) is 0 Å². The number of nitrogens with zero attached hydrogens (tertiary/aromatic N) is 1. The lowest BCUT2D eigenvalue weighted by Gasteiger charge is -2.08. The highest BCUT2D eigenvalue weighted by atomic mass is 32.1. The molecule has 2 aromatic heterocycles. The van der Waals surface area contributed by atoms with Gasteiger partial charge in [0.05, 0.1) is 18.8 Å². The second-order valence-electron chi connectivity index (χ2n) is 6.07. The van der Waals surface area contributed by atoms with Crippen LogP contribution >= 0.6 is 22.7 Å². The monoisotopic (exact) mass is 424 g/mol. The minimum atomic E-state index is -0.691. The summed E-state index contributed by atoms with van der Waals surface area (Å²) < 4.78 is 15.1. The molecule has 8 nitrogen and oxygen atoms in total. The first-order valence-electron chi connectivity index (χ1n) is 8.72. The van der Waals surface area contributed by atoms with Crippen molar-refractivity contribution in [1.29, 1.82) is 0 Å². The van der Waals surface area contributed by atoms with E-state index in [-0.39, 0.29) is 12.3 Å². The van der Waals surface area contributed by atoms with Gasteiger partial charge in [-0.3, -0.25) is 4.79 Å². The van der Waals surface area contributed by atoms with Crippen LogP contribution in [0.3, 0.4) is 0 Å². The molecule has 0 radical (unpaired) electrons. The second-order valence-corrected chi connectivity index (χ2v) is 7.90. The molecule has 1 aliphatic carbocycles. The minimum absolute atomic E-state index is 0.129. The molecule has 1 fully saturated rings. The summed E-state index contributed by atoms with van der Waals surface area (Å²) in [5.74, 6) is -1.34. The molecule has 1 amide bonds. The lowest BCUT2D eigenvalue weighted by Crippen LogP contribution is -2.22. The van der Waals surface area contributed by atoms with E-state index < -0.39 is 24.5 Å². The van der Waals surface area contributed by atoms with Crippen molar-refractivity contribution in [3.8, 4) is 0 Å². The van der Waals surface area contributed by atoms with Gasteiger partial charge in [0.1, 0.15) is 10.0 Å². The number of esters is 2. The van der Waals surface area contributed by atoms with Crippen molar-refractivity contribution in [3.05, 3.63) is 32.6 Å². The molecule has 1 aliphatic rings. The Kier molecular flexibility index (Phi) is 6.76. The maximum atomic E-state index is 12.3. The number of thiophene rings is 1. The molecule has 0 aromatic carbocycles. The topological polar surface area (TPSA) is 104 Å². The Morgan fingerprint density at radius 3 is 2.64 bits per heavy atom. The molecule has 1 saturated carbocycles. The standard InChI is InChI=1S/C18H20N2O6S2/c1-3-25-18(23)15-11(10-4-5-10)8-28-16(15)20-13(21)6-26-17(22)12-9-27-14(19-12)7-24-2/h8-10H,3-7H2,1-2H3,(H,20,21). The number of thiazole rings is 1. The van der Waals surface area contributed by atoms with Gasteiger partial charge in [-0.25, -0.2) is 14.6 Å². The lowest BCUT2D eigenvalue weighted by molar-refractivity contribution is -0.119. The van der Waals surface area contributed by atoms with Gasteiger partial charge < -0.3 is 19.5 Å². The largest absolute Gasteiger partial charge is 0.462 e. The number of anilines is 1. The molecular formula is C18H20N2O6S2. The third-order valence-corrected chi connectivity index (χ3v) is 5.67. The molecule has 0 spiro atoms. The average molecular weight is 425 g/mol. The van der Waals surface area contributed by atoms with E-state index >= 15 is 0 Å². The molecule has 2 aromatic rings. The molecule has 0 atom stereocenters. The molecule has 3 rings (SSSR count). The first kappa shape index (κ1) is 20.4. The zero-order chi connectivity index (χ0) is 20.1. The molecule has 0 aliphatic heterocycles. The SMILES string of the molecule is CCOC(=O)c1c(C2CC2)csc1NC(=O)COC(=O)c1csc(COC)n1. The molecule has 1 N–H and O–H groups in total. The molecule has 0 bridgehead atoms. The number of aromatic nitrogens is 1. The van der Waals surface area contributed by atoms with Crippen LogP contribution in [0.4, 0.5) is 5.00 Å². The zero-order valence-electron chi connectivity index (χ0n) is 15.5. The van der Waals surface area contributed by atoms with Gasteiger partial charge in [-0.05, 0) is 36.6 Å². The van der Waals surface area contributed by atoms with E-state index in [1.54, 1.807) is 12.3 Å². The number of amides is 1. The third kappa shape index (κ3) is 4.94. The van der Waals surface area contributed by atoms with Crippen LogP contribution in [0.2, 0.25) is 0 Å². The van der Waals surface area contributed by atoms with Crippen molar-refractivity contribution >= 4 is 45.5 Å². The predicted octanol–water partition coefficient (Wildman–Crippen LogP) is 3.20. The maximum absolute atomic E-state index is 12.3. The molecule has 10 heteroatoms. The summed E-state index contributed by atoms with van der Waals surface area (Å²) in [7, 11) is 1.54. The van der Waals surface area contributed by atoms with Crippen LogP contribution < -0.4 is 5.32 Å². The van der Waals surface area contributed by atoms with Crippen LogP contribution in [0.15, 0.2) is 10.8 Å². The highest BCUT2D eigenvalue weighted by Crippen LogP contribution is 2.46. The number of ether oxygens (including phenoxy) is 3. The fourth-order valence-electron chi connectivity index (χ4n) is 2.53. The fraction of sp³-hybridized carbons (Fsp3) is 0.444. The predicted molar refractivity (Wildman–Crippen MR) is 104 cm³/mol. The highest BCUT2D eigenvalue weighted by molar-refractivity contribution is 7.15. The molecular weight excluding hydrogens is 404 g/mol. The van der Waals surface area contributed by atoms with Crippen molar-refractivity contribution in [2.45, 2.75) is 32.3 Å². The Bertz CT molecular complexity index is 871. The van der Waals surface area contributed by atoms with E-state index in [0.717, 1.165) is 18.4 Å². The van der Waals surface area contributed by atoms with Crippen LogP contribution in [0, 0.1) is 0 Å². The maximum Gasteiger partial charge on any atom is 0.358 e. The molecule has 150 valence electrons. The minimum Gasteiger partial charge on any atom is -0.462 e. The van der Waals surface area contributed by atoms with Gasteiger partial charge in [0.25, 0.3) is 5.91 Å². The van der Waals surface area contributed by atoms with E-state index in [2.05, 4.69) is 10.3 Å². The Balaban J connectivity index is 1.60. The lowest BCUT2D eigenvalue weighted by atomic mass is 10.1. The quantitative estimate of drug-likeness (QED) is 0.617. The smallest absolute Gasteiger partial charge is 0.358 e. The number of rotatable bonds is 9. The number of hydrogen-bond donors (Lipinski definition) is 1. The van der Waals surface area contributed by atoms with E-state index in [9.17, 15) is 14.4 Å². The van der Waals surface area contributed by atoms with E-state index in [4.69, 9.17) is 14.2 Å². The Labute approximate surface area is 169 Å². The summed E-state index contributed by atoms with van der Waals surface area (Å²) >= 11 is 2.54. The average Bonchev–Trinajstić information content (AvgIpc) is 3.26. The van der Waals surface area contributed by atoms with E-state index in [1.807, 2.05) is 5.38 Å². The number of carbonyl (C=O) groups is 3. The van der Waals surface area contributed by atoms with Gasteiger partial charge in [-0.1, -0.05) is 0 Å². The summed E-state index contributed by atoms with van der Waals surface area (Å²) in [4.78, 5) is 40.6. The molecule has 0 unspecified atom stereocenters. The Morgan fingerprint density at radius 1 is 1.18 bits per heavy atom. The fourth-order valence-corrected chi connectivity index (χ4v) is 4.31. The van der Waals surface area contributed by atoms with E-state index in [0.29, 0.717) is 28.1 Å². The van der Waals surface area contributed by atoms with Crippen molar-refractivity contribution in [1.82, 2.24) is 4.98 Å². The summed E-state index contributed by atoms with van der Waals surface area (Å²) in [6, 6.07) is 0. The number of carbonyl (C=O) groups excluding carboxylic acids is 3. The Hall–Kier alpha value is -2.30. The molecule has 0 saturated heterocycles. The number of hydrogen-bond acceptors (Lipinski definition) is 9. The van der Waals surface area contributed by atoms with Gasteiger partial charge in [0, 0.05) is 12.5 Å². The summed E-state index contributed by atoms with van der Waals surface area (Å²) in [5, 5.41) is 7.13. The Morgan fingerprint density at radius 2 is 1.96 bits per heavy atom. The van der Waals surface area contributed by atoms with Gasteiger partial charge in [0.15, 0.2) is 12.3 Å². The number of nitrogens with one attached hydrogen (secondary N) is 1. The van der Waals surface area contributed by atoms with Crippen molar-refractivity contribution in [2.75, 3.05) is 25.6 Å². The third-order valence-electron chi connectivity index (χ3n) is 3.93. The van der Waals surface area contributed by atoms with Crippen molar-refractivity contribution in [2.24, 2.45) is 0 Å². The summed E-state index contributed by atoms with van der Waals surface area (Å²) in [6.07, 6.45) is 2.04. The van der Waals surface area contributed by atoms with Crippen LogP contribution in [0.5, 0.6) is 0 Å². The first-order valence-corrected chi connectivity index (χ1v) is 10.5. The molecule has 2 heterocycles. The van der Waals surface area contributed by atoms with Crippen molar-refractivity contribution < 1.29 is 28.6 Å². The van der Waals surface area contributed by atoms with Gasteiger partial charge in [-0.15, -0.1) is 22.7 Å². The second kappa shape index (κ2) is 9.26. The van der Waals surface area contributed by atoms with Gasteiger partial charge in [-0.2, -0.15) is 0 Å². The van der Waals surface area contributed by atoms with Crippen LogP contribution in [-0.2, 0) is 25.6 Å². The summed E-state index contributed by atoms with van der Waals surface area (Å²) in [6.45, 7) is 1.81. The van der Waals surface area contributed by atoms with E-state index in [1.165, 1.54) is 29.8 Å². The normalized spacial score (nSPS) is 13.2. The highest BCUT2D eigenvalue weighted by Gasteiger charge is 2.32. The van der Waals surface area contributed by atoms with Crippen LogP contribution in [-0.4, -0.2) is 43.2 Å². The molecule has 28 heavy (non-hydrogen) atoms. The van der Waals surface area contributed by atoms with Gasteiger partial charge >= 0.3 is 11.9 Å².